The highest BCUT2D eigenvalue weighted by Crippen LogP contribution is 2.44. The molecule has 2 aromatic heterocycles. The van der Waals surface area contributed by atoms with Gasteiger partial charge in [0.15, 0.2) is 9.14 Å². The van der Waals surface area contributed by atoms with Gasteiger partial charge in [0.2, 0.25) is 12.3 Å². The summed E-state index contributed by atoms with van der Waals surface area (Å²) >= 11 is 4.81. The van der Waals surface area contributed by atoms with Crippen LogP contribution in [-0.2, 0) is 19.2 Å². The molecule has 3 amide bonds. The predicted molar refractivity (Wildman–Crippen MR) is 115 cm³/mol. The standard InChI is InChI=1S/C16H14N6O6S4/c23-5-17-14-19-7(1-29-14)9(24)10(25)20-8-11(26)22-2-16(13(27)28,3-30-12(8)22)4-31-15-21-18-6-32-15/h1,5-6,8,12H,2-4H2,(H,20,25)(H,27,28)(H,17,19,23)/t8?,12-,16?/m1/s1. The molecule has 0 aliphatic carbocycles. The second-order valence-corrected chi connectivity index (χ2v) is 10.9. The first-order valence-corrected chi connectivity index (χ1v) is 12.7. The maximum atomic E-state index is 12.6. The molecule has 3 atom stereocenters. The highest BCUT2D eigenvalue weighted by atomic mass is 32.2. The minimum absolute atomic E-state index is 0.000177. The number of carbonyl (C=O) groups excluding carboxylic acids is 4. The molecule has 2 unspecified atom stereocenters. The molecular formula is C16H14N6O6S4. The Morgan fingerprint density at radius 1 is 1.44 bits per heavy atom. The van der Waals surface area contributed by atoms with Crippen LogP contribution in [0.15, 0.2) is 20.2 Å². The zero-order valence-electron chi connectivity index (χ0n) is 15.9. The number of nitrogens with one attached hydrogen (secondary N) is 2. The van der Waals surface area contributed by atoms with Crippen LogP contribution in [0.1, 0.15) is 10.5 Å². The van der Waals surface area contributed by atoms with Crippen LogP contribution in [-0.4, -0.2) is 84.6 Å². The van der Waals surface area contributed by atoms with Gasteiger partial charge in [-0.15, -0.1) is 33.3 Å². The van der Waals surface area contributed by atoms with E-state index in [1.165, 1.54) is 45.1 Å². The van der Waals surface area contributed by atoms with Gasteiger partial charge >= 0.3 is 5.97 Å². The molecule has 0 saturated carbocycles. The van der Waals surface area contributed by atoms with Gasteiger partial charge < -0.3 is 20.3 Å². The lowest BCUT2D eigenvalue weighted by molar-refractivity contribution is -0.157. The number of Topliss-reactive ketones (excluding diaryl/α,β-unsaturated/α-hetero) is 1. The highest BCUT2D eigenvalue weighted by Gasteiger charge is 2.57. The van der Waals surface area contributed by atoms with Crippen LogP contribution in [0.5, 0.6) is 0 Å². The van der Waals surface area contributed by atoms with Crippen molar-refractivity contribution in [3.8, 4) is 0 Å². The molecule has 3 N–H and O–H groups in total. The number of rotatable bonds is 8. The molecule has 4 heterocycles. The van der Waals surface area contributed by atoms with Crippen LogP contribution in [0.3, 0.4) is 0 Å². The summed E-state index contributed by atoms with van der Waals surface area (Å²) in [6.45, 7) is -0.000177. The van der Waals surface area contributed by atoms with Gasteiger partial charge in [-0.3, -0.25) is 24.0 Å². The number of ketones is 1. The molecule has 2 aliphatic heterocycles. The molecule has 16 heteroatoms. The number of carbonyl (C=O) groups is 5. The fraction of sp³-hybridized carbons (Fsp3) is 0.375. The number of thioether (sulfide) groups is 2. The van der Waals surface area contributed by atoms with E-state index in [0.29, 0.717) is 10.7 Å². The number of hydrogen-bond acceptors (Lipinski definition) is 11. The second kappa shape index (κ2) is 9.13. The maximum absolute atomic E-state index is 12.6. The van der Waals surface area contributed by atoms with E-state index >= 15 is 0 Å². The van der Waals surface area contributed by atoms with Crippen LogP contribution in [0, 0.1) is 5.41 Å². The number of amides is 3. The van der Waals surface area contributed by atoms with E-state index < -0.39 is 40.4 Å². The van der Waals surface area contributed by atoms with E-state index in [9.17, 15) is 29.1 Å². The Bertz CT molecular complexity index is 1150. The van der Waals surface area contributed by atoms with Crippen LogP contribution in [0.4, 0.5) is 0 Å². The Balaban J connectivity index is 1.39. The van der Waals surface area contributed by atoms with Crippen molar-refractivity contribution in [1.82, 2.24) is 25.4 Å². The predicted octanol–water partition coefficient (Wildman–Crippen LogP) is -0.569. The normalized spacial score (nSPS) is 25.1. The van der Waals surface area contributed by atoms with Gasteiger partial charge in [0, 0.05) is 23.4 Å². The quantitative estimate of drug-likeness (QED) is 0.136. The molecule has 0 spiro atoms. The lowest BCUT2D eigenvalue weighted by Crippen LogP contribution is -2.74. The molecule has 2 aliphatic rings. The van der Waals surface area contributed by atoms with Gasteiger partial charge in [-0.1, -0.05) is 23.1 Å². The van der Waals surface area contributed by atoms with Crippen molar-refractivity contribution in [1.29, 1.82) is 0 Å². The van der Waals surface area contributed by atoms with Gasteiger partial charge in [-0.25, -0.2) is 0 Å². The molecule has 0 bridgehead atoms. The number of carboxylic acids is 1. The Morgan fingerprint density at radius 2 is 2.25 bits per heavy atom. The summed E-state index contributed by atoms with van der Waals surface area (Å²) in [6.07, 6.45) is 0.308. The Kier molecular flexibility index (Phi) is 6.45. The zero-order valence-corrected chi connectivity index (χ0v) is 19.2. The fourth-order valence-corrected chi connectivity index (χ4v) is 7.19. The Hall–Kier alpha value is -2.56. The average molecular weight is 515 g/mol. The van der Waals surface area contributed by atoms with Crippen LogP contribution < -0.4 is 10.1 Å². The Labute approximate surface area is 195 Å². The number of carboxylic acid groups (broad SMARTS) is 1. The molecule has 2 aromatic rings. The number of aromatic nitrogens is 3. The van der Waals surface area contributed by atoms with Gasteiger partial charge in [0.1, 0.15) is 28.0 Å². The van der Waals surface area contributed by atoms with Crippen molar-refractivity contribution in [3.05, 3.63) is 21.4 Å². The molecular weight excluding hydrogens is 500 g/mol. The summed E-state index contributed by atoms with van der Waals surface area (Å²) in [5.41, 5.74) is 0.342. The van der Waals surface area contributed by atoms with Crippen LogP contribution >= 0.6 is 46.2 Å². The fourth-order valence-electron chi connectivity index (χ4n) is 3.17. The number of aromatic amines is 1. The van der Waals surface area contributed by atoms with Crippen molar-refractivity contribution in [3.63, 3.8) is 0 Å². The summed E-state index contributed by atoms with van der Waals surface area (Å²) in [5, 5.41) is 20.8. The number of β-lactam (4-membered cyclic amide) rings is 1. The molecule has 12 nitrogen and oxygen atoms in total. The topological polar surface area (TPSA) is 175 Å². The third-order valence-electron chi connectivity index (χ3n) is 4.85. The first-order valence-electron chi connectivity index (χ1n) is 8.89. The van der Waals surface area contributed by atoms with Crippen molar-refractivity contribution in [2.24, 2.45) is 10.4 Å². The van der Waals surface area contributed by atoms with E-state index in [0.717, 1.165) is 11.3 Å². The van der Waals surface area contributed by atoms with Crippen LogP contribution in [0.25, 0.3) is 0 Å². The number of nitrogens with zero attached hydrogens (tertiary/aromatic N) is 4. The zero-order chi connectivity index (χ0) is 22.9. The van der Waals surface area contributed by atoms with E-state index in [1.54, 1.807) is 5.51 Å². The van der Waals surface area contributed by atoms with Crippen molar-refractivity contribution in [2.45, 2.75) is 15.8 Å². The van der Waals surface area contributed by atoms with Crippen molar-refractivity contribution in [2.75, 3.05) is 18.1 Å². The number of hydrogen-bond donors (Lipinski definition) is 3. The van der Waals surface area contributed by atoms with Crippen molar-refractivity contribution >= 4 is 76.2 Å². The number of fused-ring (bicyclic) bond motifs is 1. The second-order valence-electron chi connectivity index (χ2n) is 6.84. The lowest BCUT2D eigenvalue weighted by Gasteiger charge is -2.53. The first-order chi connectivity index (χ1) is 15.3. The highest BCUT2D eigenvalue weighted by molar-refractivity contribution is 8.01. The maximum Gasteiger partial charge on any atom is 0.313 e. The first kappa shape index (κ1) is 22.6. The summed E-state index contributed by atoms with van der Waals surface area (Å²) in [7, 11) is 0. The number of H-pyrrole nitrogens is 1. The van der Waals surface area contributed by atoms with Gasteiger partial charge in [-0.2, -0.15) is 4.99 Å². The largest absolute Gasteiger partial charge is 0.481 e. The van der Waals surface area contributed by atoms with E-state index in [-0.39, 0.29) is 28.5 Å². The molecule has 2 fully saturated rings. The number of thiazole rings is 1. The Morgan fingerprint density at radius 3 is 2.94 bits per heavy atom. The smallest absolute Gasteiger partial charge is 0.313 e. The molecule has 4 rings (SSSR count). The van der Waals surface area contributed by atoms with E-state index in [4.69, 9.17) is 0 Å². The summed E-state index contributed by atoms with van der Waals surface area (Å²) in [5.74, 6) is -2.87. The monoisotopic (exact) mass is 514 g/mol. The molecule has 32 heavy (non-hydrogen) atoms. The minimum Gasteiger partial charge on any atom is -0.481 e. The van der Waals surface area contributed by atoms with E-state index in [1.807, 2.05) is 0 Å². The minimum atomic E-state index is -1.16. The third kappa shape index (κ3) is 4.22. The molecule has 0 radical (unpaired) electrons. The average Bonchev–Trinajstić information content (AvgIpc) is 3.47. The summed E-state index contributed by atoms with van der Waals surface area (Å²) < 4.78 is 0.644. The lowest BCUT2D eigenvalue weighted by atomic mass is 9.89. The van der Waals surface area contributed by atoms with Crippen molar-refractivity contribution < 1.29 is 29.1 Å². The van der Waals surface area contributed by atoms with E-state index in [2.05, 4.69) is 25.5 Å². The third-order valence-corrected chi connectivity index (χ3v) is 9.37. The molecule has 0 aromatic carbocycles. The summed E-state index contributed by atoms with van der Waals surface area (Å²) in [4.78, 5) is 67.3. The van der Waals surface area contributed by atoms with Gasteiger partial charge in [-0.05, 0) is 0 Å². The molecule has 2 saturated heterocycles. The summed E-state index contributed by atoms with van der Waals surface area (Å²) in [6, 6.07) is -0.920. The van der Waals surface area contributed by atoms with Gasteiger partial charge in [0.05, 0.1) is 0 Å². The molecule has 168 valence electrons. The number of aliphatic carboxylic acids is 1. The van der Waals surface area contributed by atoms with Crippen LogP contribution in [0.2, 0.25) is 0 Å². The van der Waals surface area contributed by atoms with Gasteiger partial charge in [0.25, 0.3) is 11.7 Å². The SMILES string of the molecule is O=CN=c1[nH]c(C(=O)C(=O)NC2C(=O)N3CC(CSc4nncs4)(C(=O)O)CS[C@H]23)cs1.